The topological polar surface area (TPSA) is 79.8 Å². The quantitative estimate of drug-likeness (QED) is 0.560. The number of nitrogens with one attached hydrogen (secondary N) is 1. The molecule has 1 atom stereocenters. The Morgan fingerprint density at radius 2 is 1.82 bits per heavy atom. The van der Waals surface area contributed by atoms with Gasteiger partial charge in [-0.25, -0.2) is 18.7 Å². The number of hydrogen-bond donors (Lipinski definition) is 1. The van der Waals surface area contributed by atoms with Gasteiger partial charge >= 0.3 is 0 Å². The number of ether oxygens (including phenoxy) is 2. The van der Waals surface area contributed by atoms with E-state index in [1.165, 1.54) is 6.20 Å². The molecule has 0 saturated carbocycles. The molecule has 206 valence electrons. The third-order valence-electron chi connectivity index (χ3n) is 8.70. The number of hydrogen-bond acceptors (Lipinski definition) is 7. The first-order valence-electron chi connectivity index (χ1n) is 13.5. The molecule has 4 aliphatic rings. The van der Waals surface area contributed by atoms with Crippen LogP contribution in [0.4, 0.5) is 14.7 Å². The molecule has 2 bridgehead atoms. The van der Waals surface area contributed by atoms with Crippen molar-refractivity contribution in [2.75, 3.05) is 58.0 Å². The Kier molecular flexibility index (Phi) is 7.81. The second-order valence-corrected chi connectivity index (χ2v) is 10.9. The molecular formula is C28H37F2N5O3. The number of benzene rings is 1. The minimum Gasteiger partial charge on any atom is -0.491 e. The van der Waals surface area contributed by atoms with Crippen LogP contribution in [0.5, 0.6) is 5.75 Å². The van der Waals surface area contributed by atoms with Crippen LogP contribution in [0, 0.1) is 11.7 Å². The molecule has 4 aliphatic heterocycles. The molecule has 1 aromatic heterocycles. The second kappa shape index (κ2) is 11.1. The molecule has 10 heteroatoms. The van der Waals surface area contributed by atoms with Gasteiger partial charge in [-0.1, -0.05) is 0 Å². The molecule has 4 fully saturated rings. The zero-order chi connectivity index (χ0) is 26.8. The van der Waals surface area contributed by atoms with Crippen molar-refractivity contribution >= 4 is 11.9 Å². The molecule has 0 spiro atoms. The summed E-state index contributed by atoms with van der Waals surface area (Å²) in [7, 11) is 1.61. The average Bonchev–Trinajstić information content (AvgIpc) is 3.20. The van der Waals surface area contributed by atoms with Crippen molar-refractivity contribution in [1.29, 1.82) is 0 Å². The summed E-state index contributed by atoms with van der Waals surface area (Å²) in [6, 6.07) is 6.71. The van der Waals surface area contributed by atoms with Crippen LogP contribution in [-0.4, -0.2) is 85.0 Å². The lowest BCUT2D eigenvalue weighted by atomic mass is 9.78. The summed E-state index contributed by atoms with van der Waals surface area (Å²) < 4.78 is 38.2. The van der Waals surface area contributed by atoms with Crippen LogP contribution in [0.1, 0.15) is 39.0 Å². The Balaban J connectivity index is 1.26. The minimum absolute atomic E-state index is 0.0280. The highest BCUT2D eigenvalue weighted by molar-refractivity contribution is 5.86. The summed E-state index contributed by atoms with van der Waals surface area (Å²) in [4.78, 5) is 26.9. The SMILES string of the molecule is COC1(C(=O)NC2(C)CCN3CCC2CC3)CCN(c2ncc(F)c(-c3ccc(OCCF)cc3)n2)CC1. The molecule has 4 saturated heterocycles. The molecule has 0 aliphatic carbocycles. The van der Waals surface area contributed by atoms with E-state index in [9.17, 15) is 13.6 Å². The number of anilines is 1. The van der Waals surface area contributed by atoms with Gasteiger partial charge in [0.1, 0.15) is 30.3 Å². The number of methoxy groups -OCH3 is 1. The van der Waals surface area contributed by atoms with Gasteiger partial charge in [0.05, 0.1) is 6.20 Å². The standard InChI is InChI=1S/C28H37F2N5O3/c1-27(9-15-34-13-7-21(27)8-14-34)33-25(36)28(37-2)10-16-35(17-11-28)26-31-19-23(30)24(32-26)20-3-5-22(6-4-20)38-18-12-29/h3-6,19,21H,7-18H2,1-2H3,(H,33,36). The molecule has 0 radical (unpaired) electrons. The summed E-state index contributed by atoms with van der Waals surface area (Å²) in [5.74, 6) is 0.823. The van der Waals surface area contributed by atoms with E-state index < -0.39 is 18.1 Å². The van der Waals surface area contributed by atoms with Crippen LogP contribution in [0.2, 0.25) is 0 Å². The van der Waals surface area contributed by atoms with Gasteiger partial charge in [-0.3, -0.25) is 4.79 Å². The zero-order valence-corrected chi connectivity index (χ0v) is 22.2. The fourth-order valence-electron chi connectivity index (χ4n) is 6.10. The number of rotatable bonds is 8. The van der Waals surface area contributed by atoms with Gasteiger partial charge in [0.15, 0.2) is 5.82 Å². The monoisotopic (exact) mass is 529 g/mol. The Morgan fingerprint density at radius 1 is 1.11 bits per heavy atom. The first-order valence-corrected chi connectivity index (χ1v) is 13.5. The average molecular weight is 530 g/mol. The van der Waals surface area contributed by atoms with Crippen LogP contribution in [-0.2, 0) is 9.53 Å². The van der Waals surface area contributed by atoms with E-state index in [1.807, 2.05) is 4.90 Å². The Hall–Kier alpha value is -2.85. The number of piperidine rings is 2. The Bertz CT molecular complexity index is 1120. The molecule has 38 heavy (non-hydrogen) atoms. The summed E-state index contributed by atoms with van der Waals surface area (Å²) in [6.07, 6.45) is 5.32. The normalized spacial score (nSPS) is 26.6. The largest absolute Gasteiger partial charge is 0.491 e. The van der Waals surface area contributed by atoms with Gasteiger partial charge in [0.2, 0.25) is 5.95 Å². The van der Waals surface area contributed by atoms with E-state index in [4.69, 9.17) is 9.47 Å². The van der Waals surface area contributed by atoms with Crippen LogP contribution < -0.4 is 15.0 Å². The third kappa shape index (κ3) is 5.33. The summed E-state index contributed by atoms with van der Waals surface area (Å²) >= 11 is 0. The molecule has 2 aromatic rings. The fourth-order valence-corrected chi connectivity index (χ4v) is 6.10. The van der Waals surface area contributed by atoms with E-state index in [0.29, 0.717) is 49.1 Å². The van der Waals surface area contributed by atoms with Crippen molar-refractivity contribution in [1.82, 2.24) is 20.2 Å². The van der Waals surface area contributed by atoms with Gasteiger partial charge in [-0.05, 0) is 69.5 Å². The fraction of sp³-hybridized carbons (Fsp3) is 0.607. The van der Waals surface area contributed by atoms with Crippen molar-refractivity contribution in [3.8, 4) is 17.0 Å². The van der Waals surface area contributed by atoms with Crippen molar-refractivity contribution in [2.45, 2.75) is 50.2 Å². The summed E-state index contributed by atoms with van der Waals surface area (Å²) in [5, 5.41) is 3.41. The van der Waals surface area contributed by atoms with Crippen LogP contribution in [0.3, 0.4) is 0 Å². The highest BCUT2D eigenvalue weighted by atomic mass is 19.1. The number of fused-ring (bicyclic) bond motifs is 4. The molecule has 1 unspecified atom stereocenters. The predicted molar refractivity (Wildman–Crippen MR) is 140 cm³/mol. The molecule has 1 amide bonds. The van der Waals surface area contributed by atoms with Crippen molar-refractivity contribution in [3.63, 3.8) is 0 Å². The van der Waals surface area contributed by atoms with Gasteiger partial charge in [0, 0.05) is 50.7 Å². The maximum absolute atomic E-state index is 14.7. The number of nitrogens with zero attached hydrogens (tertiary/aromatic N) is 4. The number of carbonyl (C=O) groups is 1. The zero-order valence-electron chi connectivity index (χ0n) is 22.2. The maximum atomic E-state index is 14.7. The van der Waals surface area contributed by atoms with E-state index in [1.54, 1.807) is 31.4 Å². The van der Waals surface area contributed by atoms with E-state index >= 15 is 0 Å². The number of carbonyl (C=O) groups excluding carboxylic acids is 1. The van der Waals surface area contributed by atoms with Crippen molar-refractivity contribution in [2.24, 2.45) is 5.92 Å². The molecule has 8 nitrogen and oxygen atoms in total. The van der Waals surface area contributed by atoms with Crippen molar-refractivity contribution < 1.29 is 23.0 Å². The van der Waals surface area contributed by atoms with Crippen LogP contribution >= 0.6 is 0 Å². The Labute approximate surface area is 222 Å². The first-order chi connectivity index (χ1) is 18.4. The smallest absolute Gasteiger partial charge is 0.252 e. The molecular weight excluding hydrogens is 492 g/mol. The summed E-state index contributed by atoms with van der Waals surface area (Å²) in [6.45, 7) is 5.84. The van der Waals surface area contributed by atoms with E-state index in [2.05, 4.69) is 27.1 Å². The van der Waals surface area contributed by atoms with E-state index in [0.717, 1.165) is 38.9 Å². The lowest BCUT2D eigenvalue weighted by Crippen LogP contribution is -2.61. The second-order valence-electron chi connectivity index (χ2n) is 10.9. The Morgan fingerprint density at radius 3 is 2.47 bits per heavy atom. The molecule has 1 aromatic carbocycles. The number of halogens is 2. The van der Waals surface area contributed by atoms with Gasteiger partial charge in [-0.2, -0.15) is 0 Å². The van der Waals surface area contributed by atoms with Crippen LogP contribution in [0.25, 0.3) is 11.3 Å². The van der Waals surface area contributed by atoms with Crippen LogP contribution in [0.15, 0.2) is 30.5 Å². The molecule has 1 N–H and O–H groups in total. The highest BCUT2D eigenvalue weighted by Crippen LogP contribution is 2.37. The van der Waals surface area contributed by atoms with Gasteiger partial charge in [-0.15, -0.1) is 0 Å². The van der Waals surface area contributed by atoms with E-state index in [-0.39, 0.29) is 23.7 Å². The lowest BCUT2D eigenvalue weighted by molar-refractivity contribution is -0.148. The van der Waals surface area contributed by atoms with Crippen molar-refractivity contribution in [3.05, 3.63) is 36.3 Å². The third-order valence-corrected chi connectivity index (χ3v) is 8.70. The summed E-state index contributed by atoms with van der Waals surface area (Å²) in [5.41, 5.74) is -0.391. The highest BCUT2D eigenvalue weighted by Gasteiger charge is 2.47. The molecule has 5 heterocycles. The predicted octanol–water partition coefficient (Wildman–Crippen LogP) is 3.61. The maximum Gasteiger partial charge on any atom is 0.252 e. The van der Waals surface area contributed by atoms with Gasteiger partial charge in [0.25, 0.3) is 5.91 Å². The molecule has 6 rings (SSSR count). The lowest BCUT2D eigenvalue weighted by Gasteiger charge is -2.44. The number of aromatic nitrogens is 2. The first kappa shape index (κ1) is 26.7. The minimum atomic E-state index is -0.914. The number of amides is 1. The van der Waals surface area contributed by atoms with Gasteiger partial charge < -0.3 is 24.6 Å². The number of alkyl halides is 1.